The van der Waals surface area contributed by atoms with Crippen molar-refractivity contribution in [2.75, 3.05) is 28.3 Å². The first kappa shape index (κ1) is 12.9. The third kappa shape index (κ3) is 2.46. The lowest BCUT2D eigenvalue weighted by atomic mass is 10.2. The number of sulfone groups is 1. The molecule has 2 aliphatic rings. The fraction of sp³-hybridized carbons (Fsp3) is 0.455. The second-order valence-electron chi connectivity index (χ2n) is 4.76. The number of hydrogen-bond donors (Lipinski definition) is 1. The molecule has 1 aromatic rings. The molecular weight excluding hydrogens is 334 g/mol. The van der Waals surface area contributed by atoms with E-state index in [1.165, 1.54) is 0 Å². The van der Waals surface area contributed by atoms with E-state index in [4.69, 9.17) is 0 Å². The number of carbonyl (C=O) groups is 1. The first-order valence-electron chi connectivity index (χ1n) is 5.87. The summed E-state index contributed by atoms with van der Waals surface area (Å²) in [6.45, 7) is 0.155. The fourth-order valence-corrected chi connectivity index (χ4v) is 4.56. The van der Waals surface area contributed by atoms with Crippen LogP contribution in [0.25, 0.3) is 0 Å². The van der Waals surface area contributed by atoms with Gasteiger partial charge in [0.05, 0.1) is 23.7 Å². The Bertz CT molecular complexity index is 647. The summed E-state index contributed by atoms with van der Waals surface area (Å²) < 4.78 is 23.9. The number of fused-ring (bicyclic) bond motifs is 1. The second-order valence-corrected chi connectivity index (χ2v) is 7.90. The van der Waals surface area contributed by atoms with Crippen molar-refractivity contribution in [1.82, 2.24) is 4.98 Å². The van der Waals surface area contributed by atoms with Gasteiger partial charge in [-0.15, -0.1) is 0 Å². The molecule has 1 atom stereocenters. The largest absolute Gasteiger partial charge is 0.342 e. The third-order valence-electron chi connectivity index (χ3n) is 3.34. The average molecular weight is 346 g/mol. The summed E-state index contributed by atoms with van der Waals surface area (Å²) in [5.74, 6) is 0.778. The molecule has 1 unspecified atom stereocenters. The van der Waals surface area contributed by atoms with Crippen LogP contribution >= 0.6 is 15.9 Å². The van der Waals surface area contributed by atoms with Gasteiger partial charge >= 0.3 is 0 Å². The molecule has 2 aliphatic heterocycles. The van der Waals surface area contributed by atoms with Crippen molar-refractivity contribution >= 4 is 43.2 Å². The molecule has 0 aliphatic carbocycles. The molecule has 0 aromatic carbocycles. The summed E-state index contributed by atoms with van der Waals surface area (Å²) in [6.07, 6.45) is 2.19. The number of pyridine rings is 1. The Morgan fingerprint density at radius 3 is 2.95 bits per heavy atom. The molecule has 1 amide bonds. The Balaban J connectivity index is 1.98. The maximum Gasteiger partial charge on any atom is 0.244 e. The van der Waals surface area contributed by atoms with Crippen LogP contribution in [0.5, 0.6) is 0 Å². The van der Waals surface area contributed by atoms with Crippen LogP contribution in [0.3, 0.4) is 0 Å². The molecule has 1 saturated heterocycles. The fourth-order valence-electron chi connectivity index (χ4n) is 2.50. The Morgan fingerprint density at radius 2 is 2.26 bits per heavy atom. The predicted molar refractivity (Wildman–Crippen MR) is 75.0 cm³/mol. The Hall–Kier alpha value is -1.15. The van der Waals surface area contributed by atoms with Crippen LogP contribution in [0.1, 0.15) is 6.42 Å². The van der Waals surface area contributed by atoms with E-state index in [0.717, 1.165) is 4.47 Å². The Morgan fingerprint density at radius 1 is 1.47 bits per heavy atom. The monoisotopic (exact) mass is 345 g/mol. The van der Waals surface area contributed by atoms with E-state index in [2.05, 4.69) is 26.2 Å². The maximum atomic E-state index is 11.7. The molecule has 3 rings (SSSR count). The Labute approximate surface area is 119 Å². The van der Waals surface area contributed by atoms with Gasteiger partial charge in [0.25, 0.3) is 0 Å². The number of anilines is 2. The number of hydrogen-bond acceptors (Lipinski definition) is 5. The highest BCUT2D eigenvalue weighted by atomic mass is 79.9. The smallest absolute Gasteiger partial charge is 0.244 e. The van der Waals surface area contributed by atoms with Gasteiger partial charge in [-0.25, -0.2) is 13.4 Å². The van der Waals surface area contributed by atoms with Gasteiger partial charge in [-0.05, 0) is 28.4 Å². The maximum absolute atomic E-state index is 11.7. The van der Waals surface area contributed by atoms with E-state index >= 15 is 0 Å². The van der Waals surface area contributed by atoms with Crippen LogP contribution in [0.15, 0.2) is 16.7 Å². The van der Waals surface area contributed by atoms with E-state index in [1.807, 2.05) is 0 Å². The van der Waals surface area contributed by atoms with Crippen molar-refractivity contribution in [2.24, 2.45) is 0 Å². The molecule has 1 N–H and O–H groups in total. The van der Waals surface area contributed by atoms with Crippen molar-refractivity contribution in [3.63, 3.8) is 0 Å². The molecule has 19 heavy (non-hydrogen) atoms. The standard InChI is InChI=1S/C11H12BrN3O3S/c12-7-3-9-11(13-4-7)15(5-10(16)14-9)8-1-2-19(17,18)6-8/h3-4,8H,1-2,5-6H2,(H,14,16). The first-order chi connectivity index (χ1) is 8.94. The van der Waals surface area contributed by atoms with Crippen LogP contribution in [-0.4, -0.2) is 43.4 Å². The van der Waals surface area contributed by atoms with E-state index in [0.29, 0.717) is 17.9 Å². The Kier molecular flexibility index (Phi) is 3.01. The van der Waals surface area contributed by atoms with Gasteiger partial charge in [0, 0.05) is 16.7 Å². The number of carbonyl (C=O) groups excluding carboxylic acids is 1. The van der Waals surface area contributed by atoms with E-state index < -0.39 is 9.84 Å². The van der Waals surface area contributed by atoms with Crippen LogP contribution in [0.2, 0.25) is 0 Å². The van der Waals surface area contributed by atoms with Crippen molar-refractivity contribution in [2.45, 2.75) is 12.5 Å². The quantitative estimate of drug-likeness (QED) is 0.813. The van der Waals surface area contributed by atoms with Gasteiger partial charge in [-0.1, -0.05) is 0 Å². The highest BCUT2D eigenvalue weighted by Crippen LogP contribution is 2.33. The molecule has 102 valence electrons. The summed E-state index contributed by atoms with van der Waals surface area (Å²) in [5.41, 5.74) is 0.620. The summed E-state index contributed by atoms with van der Waals surface area (Å²) >= 11 is 3.30. The molecule has 0 spiro atoms. The van der Waals surface area contributed by atoms with Crippen molar-refractivity contribution in [1.29, 1.82) is 0 Å². The van der Waals surface area contributed by atoms with E-state index in [-0.39, 0.29) is 30.0 Å². The highest BCUT2D eigenvalue weighted by molar-refractivity contribution is 9.10. The second kappa shape index (κ2) is 4.45. The lowest BCUT2D eigenvalue weighted by Crippen LogP contribution is -2.45. The van der Waals surface area contributed by atoms with Gasteiger partial charge in [0.15, 0.2) is 15.7 Å². The summed E-state index contributed by atoms with van der Waals surface area (Å²) in [4.78, 5) is 17.8. The molecule has 0 saturated carbocycles. The number of halogens is 1. The van der Waals surface area contributed by atoms with Gasteiger partial charge in [-0.2, -0.15) is 0 Å². The molecule has 6 nitrogen and oxygen atoms in total. The average Bonchev–Trinajstić information content (AvgIpc) is 2.68. The number of amides is 1. The zero-order valence-electron chi connectivity index (χ0n) is 9.97. The number of nitrogens with zero attached hydrogens (tertiary/aromatic N) is 2. The first-order valence-corrected chi connectivity index (χ1v) is 8.48. The molecule has 3 heterocycles. The number of aromatic nitrogens is 1. The zero-order chi connectivity index (χ0) is 13.6. The van der Waals surface area contributed by atoms with Crippen molar-refractivity contribution in [3.05, 3.63) is 16.7 Å². The molecule has 0 radical (unpaired) electrons. The van der Waals surface area contributed by atoms with Gasteiger partial charge in [-0.3, -0.25) is 4.79 Å². The van der Waals surface area contributed by atoms with Crippen LogP contribution in [-0.2, 0) is 14.6 Å². The van der Waals surface area contributed by atoms with Crippen LogP contribution < -0.4 is 10.2 Å². The molecule has 1 fully saturated rings. The summed E-state index contributed by atoms with van der Waals surface area (Å²) in [6, 6.07) is 1.61. The highest BCUT2D eigenvalue weighted by Gasteiger charge is 2.36. The summed E-state index contributed by atoms with van der Waals surface area (Å²) in [7, 11) is -2.98. The molecule has 8 heteroatoms. The van der Waals surface area contributed by atoms with E-state index in [9.17, 15) is 13.2 Å². The van der Waals surface area contributed by atoms with Crippen molar-refractivity contribution < 1.29 is 13.2 Å². The van der Waals surface area contributed by atoms with Crippen LogP contribution in [0, 0.1) is 0 Å². The normalized spacial score (nSPS) is 25.0. The lowest BCUT2D eigenvalue weighted by molar-refractivity contribution is -0.115. The minimum atomic E-state index is -2.98. The molecule has 0 bridgehead atoms. The summed E-state index contributed by atoms with van der Waals surface area (Å²) in [5, 5.41) is 2.75. The predicted octanol–water partition coefficient (Wildman–Crippen LogP) is 0.790. The molecular formula is C11H12BrN3O3S. The van der Waals surface area contributed by atoms with Gasteiger partial charge in [0.2, 0.25) is 5.91 Å². The minimum Gasteiger partial charge on any atom is -0.342 e. The molecule has 1 aromatic heterocycles. The topological polar surface area (TPSA) is 79.4 Å². The SMILES string of the molecule is O=C1CN(C2CCS(=O)(=O)C2)c2ncc(Br)cc2N1. The number of rotatable bonds is 1. The minimum absolute atomic E-state index is 0.0947. The van der Waals surface area contributed by atoms with Gasteiger partial charge in [0.1, 0.15) is 0 Å². The number of nitrogens with one attached hydrogen (secondary N) is 1. The zero-order valence-corrected chi connectivity index (χ0v) is 12.4. The van der Waals surface area contributed by atoms with Gasteiger partial charge < -0.3 is 10.2 Å². The van der Waals surface area contributed by atoms with Crippen LogP contribution in [0.4, 0.5) is 11.5 Å². The van der Waals surface area contributed by atoms with E-state index in [1.54, 1.807) is 17.2 Å². The lowest BCUT2D eigenvalue weighted by Gasteiger charge is -2.33. The third-order valence-corrected chi connectivity index (χ3v) is 5.53. The van der Waals surface area contributed by atoms with Crippen molar-refractivity contribution in [3.8, 4) is 0 Å².